The highest BCUT2D eigenvalue weighted by atomic mass is 79.9. The average Bonchev–Trinajstić information content (AvgIpc) is 2.68. The lowest BCUT2D eigenvalue weighted by Crippen LogP contribution is -2.31. The number of nitrogens with two attached hydrogens (primary N) is 1. The second-order valence-electron chi connectivity index (χ2n) is 7.43. The van der Waals surface area contributed by atoms with Crippen molar-refractivity contribution < 1.29 is 9.90 Å². The topological polar surface area (TPSA) is 87.4 Å². The van der Waals surface area contributed by atoms with E-state index in [0.717, 1.165) is 41.5 Å². The summed E-state index contributed by atoms with van der Waals surface area (Å²) in [5.74, 6) is 0.490. The van der Waals surface area contributed by atoms with Gasteiger partial charge in [-0.3, -0.25) is 4.79 Å². The van der Waals surface area contributed by atoms with Gasteiger partial charge in [0.1, 0.15) is 0 Å². The van der Waals surface area contributed by atoms with E-state index in [9.17, 15) is 4.79 Å². The fourth-order valence-corrected chi connectivity index (χ4v) is 4.44. The first-order chi connectivity index (χ1) is 13.1. The molecule has 1 unspecified atom stereocenters. The maximum Gasteiger partial charge on any atom is 0.251 e. The lowest BCUT2D eigenvalue weighted by Gasteiger charge is -2.32. The molecule has 1 amide bonds. The van der Waals surface area contributed by atoms with E-state index in [1.54, 1.807) is 0 Å². The maximum absolute atomic E-state index is 12.6. The number of aliphatic hydroxyl groups excluding tert-OH is 1. The summed E-state index contributed by atoms with van der Waals surface area (Å²) in [7, 11) is 0. The predicted octanol–water partition coefficient (Wildman–Crippen LogP) is 4.15. The van der Waals surface area contributed by atoms with Crippen LogP contribution < -0.4 is 16.4 Å². The van der Waals surface area contributed by atoms with Gasteiger partial charge in [0.25, 0.3) is 5.91 Å². The molecule has 1 saturated carbocycles. The third kappa shape index (κ3) is 6.47. The molecule has 0 aliphatic heterocycles. The molecular weight excluding hydrogens is 406 g/mol. The molecule has 0 heterocycles. The normalized spacial score (nSPS) is 16.3. The van der Waals surface area contributed by atoms with Gasteiger partial charge in [0.05, 0.1) is 5.69 Å². The van der Waals surface area contributed by atoms with Crippen LogP contribution in [0.25, 0.3) is 0 Å². The summed E-state index contributed by atoms with van der Waals surface area (Å²) < 4.78 is 0.782. The summed E-state index contributed by atoms with van der Waals surface area (Å²) in [5, 5.41) is 15.4. The minimum Gasteiger partial charge on any atom is -0.398 e. The molecule has 1 atom stereocenters. The standard InChI is InChI=1S/C21H34BrN3O2/c1-2-24-20(15-9-5-3-6-10-15)17-13-16(14-18(22)19(17)23)21(27)25-11-7-4-8-12-26/h13-15,20,24,26H,2-12,23H2,1H3,(H,25,27). The van der Waals surface area contributed by atoms with Gasteiger partial charge in [0.15, 0.2) is 0 Å². The van der Waals surface area contributed by atoms with Crippen LogP contribution >= 0.6 is 15.9 Å². The molecule has 1 aliphatic rings. The molecule has 1 aromatic rings. The largest absolute Gasteiger partial charge is 0.398 e. The molecule has 0 spiro atoms. The molecule has 5 N–H and O–H groups in total. The van der Waals surface area contributed by atoms with E-state index in [-0.39, 0.29) is 18.6 Å². The molecule has 1 fully saturated rings. The molecule has 0 radical (unpaired) electrons. The van der Waals surface area contributed by atoms with Crippen LogP contribution in [-0.4, -0.2) is 30.7 Å². The Balaban J connectivity index is 2.16. The molecule has 0 bridgehead atoms. The van der Waals surface area contributed by atoms with E-state index in [1.807, 2.05) is 12.1 Å². The monoisotopic (exact) mass is 439 g/mol. The minimum absolute atomic E-state index is 0.0696. The second kappa shape index (κ2) is 11.7. The number of aliphatic hydroxyl groups is 1. The molecule has 1 aromatic carbocycles. The molecule has 0 saturated heterocycles. The van der Waals surface area contributed by atoms with Gasteiger partial charge in [-0.25, -0.2) is 0 Å². The van der Waals surface area contributed by atoms with Crippen molar-refractivity contribution in [3.63, 3.8) is 0 Å². The zero-order valence-corrected chi connectivity index (χ0v) is 18.0. The Kier molecular flexibility index (Phi) is 9.59. The number of hydrogen-bond donors (Lipinski definition) is 4. The Hall–Kier alpha value is -1.11. The van der Waals surface area contributed by atoms with Crippen molar-refractivity contribution in [2.45, 2.75) is 64.3 Å². The molecule has 1 aliphatic carbocycles. The van der Waals surface area contributed by atoms with Gasteiger partial charge in [0.2, 0.25) is 0 Å². The van der Waals surface area contributed by atoms with Crippen molar-refractivity contribution in [2.24, 2.45) is 5.92 Å². The van der Waals surface area contributed by atoms with Gasteiger partial charge in [0, 0.05) is 29.2 Å². The van der Waals surface area contributed by atoms with Crippen LogP contribution in [0.4, 0.5) is 5.69 Å². The zero-order chi connectivity index (χ0) is 19.6. The predicted molar refractivity (Wildman–Crippen MR) is 115 cm³/mol. The molecule has 0 aromatic heterocycles. The number of nitrogens with one attached hydrogen (secondary N) is 2. The Morgan fingerprint density at radius 2 is 2.00 bits per heavy atom. The van der Waals surface area contributed by atoms with E-state index < -0.39 is 0 Å². The Bertz CT molecular complexity index is 603. The van der Waals surface area contributed by atoms with E-state index in [1.165, 1.54) is 32.1 Å². The fraction of sp³-hybridized carbons (Fsp3) is 0.667. The van der Waals surface area contributed by atoms with Crippen LogP contribution in [0.15, 0.2) is 16.6 Å². The zero-order valence-electron chi connectivity index (χ0n) is 16.4. The molecule has 6 heteroatoms. The van der Waals surface area contributed by atoms with Crippen LogP contribution in [-0.2, 0) is 0 Å². The summed E-state index contributed by atoms with van der Waals surface area (Å²) >= 11 is 3.55. The lowest BCUT2D eigenvalue weighted by atomic mass is 9.80. The summed E-state index contributed by atoms with van der Waals surface area (Å²) in [6.07, 6.45) is 8.82. The number of carbonyl (C=O) groups is 1. The summed E-state index contributed by atoms with van der Waals surface area (Å²) in [6, 6.07) is 3.96. The van der Waals surface area contributed by atoms with E-state index in [4.69, 9.17) is 10.8 Å². The third-order valence-electron chi connectivity index (χ3n) is 5.42. The highest BCUT2D eigenvalue weighted by Crippen LogP contribution is 2.39. The van der Waals surface area contributed by atoms with Gasteiger partial charge < -0.3 is 21.5 Å². The van der Waals surface area contributed by atoms with E-state index in [2.05, 4.69) is 33.5 Å². The molecule has 5 nitrogen and oxygen atoms in total. The number of unbranched alkanes of at least 4 members (excludes halogenated alkanes) is 2. The third-order valence-corrected chi connectivity index (χ3v) is 6.08. The van der Waals surface area contributed by atoms with Crippen LogP contribution in [0.1, 0.15) is 80.3 Å². The smallest absolute Gasteiger partial charge is 0.251 e. The van der Waals surface area contributed by atoms with Crippen molar-refractivity contribution >= 4 is 27.5 Å². The summed E-state index contributed by atoms with van der Waals surface area (Å²) in [4.78, 5) is 12.6. The van der Waals surface area contributed by atoms with E-state index in [0.29, 0.717) is 18.0 Å². The van der Waals surface area contributed by atoms with Crippen molar-refractivity contribution in [2.75, 3.05) is 25.4 Å². The number of hydrogen-bond acceptors (Lipinski definition) is 4. The molecule has 27 heavy (non-hydrogen) atoms. The van der Waals surface area contributed by atoms with Crippen molar-refractivity contribution in [3.05, 3.63) is 27.7 Å². The van der Waals surface area contributed by atoms with Crippen LogP contribution in [0.2, 0.25) is 0 Å². The first-order valence-electron chi connectivity index (χ1n) is 10.3. The van der Waals surface area contributed by atoms with Gasteiger partial charge in [-0.1, -0.05) is 26.2 Å². The lowest BCUT2D eigenvalue weighted by molar-refractivity contribution is 0.0952. The number of amides is 1. The Morgan fingerprint density at radius 3 is 2.67 bits per heavy atom. The Labute approximate surface area is 171 Å². The number of carbonyl (C=O) groups excluding carboxylic acids is 1. The van der Waals surface area contributed by atoms with Crippen LogP contribution in [0, 0.1) is 5.92 Å². The SMILES string of the molecule is CCNC(c1cc(C(=O)NCCCCCO)cc(Br)c1N)C1CCCCC1. The van der Waals surface area contributed by atoms with Crippen molar-refractivity contribution in [1.29, 1.82) is 0 Å². The first-order valence-corrected chi connectivity index (χ1v) is 11.1. The highest BCUT2D eigenvalue weighted by Gasteiger charge is 2.27. The summed E-state index contributed by atoms with van der Waals surface area (Å²) in [6.45, 7) is 3.81. The van der Waals surface area contributed by atoms with Crippen molar-refractivity contribution in [1.82, 2.24) is 10.6 Å². The highest BCUT2D eigenvalue weighted by molar-refractivity contribution is 9.10. The van der Waals surface area contributed by atoms with Crippen molar-refractivity contribution in [3.8, 4) is 0 Å². The second-order valence-corrected chi connectivity index (χ2v) is 8.29. The average molecular weight is 440 g/mol. The maximum atomic E-state index is 12.6. The molecular formula is C21H34BrN3O2. The van der Waals surface area contributed by atoms with Gasteiger partial charge in [-0.15, -0.1) is 0 Å². The number of halogens is 1. The number of nitrogen functional groups attached to an aromatic ring is 1. The van der Waals surface area contributed by atoms with Crippen LogP contribution in [0.3, 0.4) is 0 Å². The fourth-order valence-electron chi connectivity index (χ4n) is 3.96. The van der Waals surface area contributed by atoms with Gasteiger partial charge in [-0.2, -0.15) is 0 Å². The molecule has 2 rings (SSSR count). The number of benzene rings is 1. The molecule has 152 valence electrons. The summed E-state index contributed by atoms with van der Waals surface area (Å²) in [5.41, 5.74) is 8.81. The Morgan fingerprint density at radius 1 is 1.26 bits per heavy atom. The van der Waals surface area contributed by atoms with E-state index >= 15 is 0 Å². The van der Waals surface area contributed by atoms with Gasteiger partial charge >= 0.3 is 0 Å². The van der Waals surface area contributed by atoms with Crippen LogP contribution in [0.5, 0.6) is 0 Å². The number of rotatable bonds is 10. The minimum atomic E-state index is -0.0696. The number of anilines is 1. The first kappa shape index (κ1) is 22.2. The van der Waals surface area contributed by atoms with Gasteiger partial charge in [-0.05, 0) is 78.2 Å². The quantitative estimate of drug-likeness (QED) is 0.325.